The molecular formula is C27H24FN3O4. The van der Waals surface area contributed by atoms with E-state index in [1.165, 1.54) is 6.07 Å². The van der Waals surface area contributed by atoms with Crippen molar-refractivity contribution < 1.29 is 23.1 Å². The predicted molar refractivity (Wildman–Crippen MR) is 132 cm³/mol. The van der Waals surface area contributed by atoms with E-state index in [4.69, 9.17) is 9.15 Å². The van der Waals surface area contributed by atoms with Crippen LogP contribution in [0, 0.1) is 5.82 Å². The zero-order valence-electron chi connectivity index (χ0n) is 19.2. The Balaban J connectivity index is 1.38. The Morgan fingerprint density at radius 3 is 2.31 bits per heavy atom. The van der Waals surface area contributed by atoms with E-state index >= 15 is 0 Å². The first-order valence-corrected chi connectivity index (χ1v) is 11.3. The fraction of sp³-hybridized carbons (Fsp3) is 0.185. The second-order valence-corrected chi connectivity index (χ2v) is 8.22. The molecule has 2 heterocycles. The first-order valence-electron chi connectivity index (χ1n) is 11.3. The van der Waals surface area contributed by atoms with Gasteiger partial charge in [-0.2, -0.15) is 0 Å². The van der Waals surface area contributed by atoms with E-state index < -0.39 is 0 Å². The number of hydrogen-bond donors (Lipinski definition) is 1. The normalized spacial score (nSPS) is 13.7. The smallest absolute Gasteiger partial charge is 0.291 e. The molecule has 1 saturated heterocycles. The molecule has 1 aliphatic heterocycles. The van der Waals surface area contributed by atoms with Crippen LogP contribution in [0.4, 0.5) is 15.8 Å². The minimum atomic E-state index is -0.363. The van der Waals surface area contributed by atoms with Crippen molar-refractivity contribution in [3.63, 3.8) is 0 Å². The van der Waals surface area contributed by atoms with Gasteiger partial charge in [-0.15, -0.1) is 0 Å². The molecule has 1 fully saturated rings. The molecule has 5 rings (SSSR count). The Morgan fingerprint density at radius 1 is 0.914 bits per heavy atom. The number of para-hydroxylation sites is 2. The zero-order valence-corrected chi connectivity index (χ0v) is 19.2. The Kier molecular flexibility index (Phi) is 6.10. The highest BCUT2D eigenvalue weighted by Gasteiger charge is 2.29. The lowest BCUT2D eigenvalue weighted by atomic mass is 10.1. The third kappa shape index (κ3) is 4.42. The van der Waals surface area contributed by atoms with E-state index in [2.05, 4.69) is 5.32 Å². The SMILES string of the molecule is COc1ccc(C(=O)Nc2c(C(=O)N3CCN(c4ccccc4F)CC3)oc3ccccc23)cc1. The fourth-order valence-corrected chi connectivity index (χ4v) is 4.25. The monoisotopic (exact) mass is 473 g/mol. The number of anilines is 2. The molecule has 4 aromatic rings. The Bertz CT molecular complexity index is 1370. The van der Waals surface area contributed by atoms with E-state index in [0.717, 1.165) is 0 Å². The van der Waals surface area contributed by atoms with Gasteiger partial charge in [0.1, 0.15) is 22.8 Å². The summed E-state index contributed by atoms with van der Waals surface area (Å²) >= 11 is 0. The molecule has 1 N–H and O–H groups in total. The van der Waals surface area contributed by atoms with E-state index in [-0.39, 0.29) is 23.4 Å². The molecule has 3 aromatic carbocycles. The van der Waals surface area contributed by atoms with Crippen molar-refractivity contribution in [1.82, 2.24) is 4.90 Å². The van der Waals surface area contributed by atoms with E-state index in [9.17, 15) is 14.0 Å². The summed E-state index contributed by atoms with van der Waals surface area (Å²) in [7, 11) is 1.56. The Morgan fingerprint density at radius 2 is 1.60 bits per heavy atom. The maximum Gasteiger partial charge on any atom is 0.291 e. The summed E-state index contributed by atoms with van der Waals surface area (Å²) in [6.45, 7) is 1.77. The van der Waals surface area contributed by atoms with Gasteiger partial charge in [0.05, 0.1) is 12.8 Å². The summed E-state index contributed by atoms with van der Waals surface area (Å²) < 4.78 is 25.3. The third-order valence-corrected chi connectivity index (χ3v) is 6.14. The van der Waals surface area contributed by atoms with Crippen molar-refractivity contribution in [3.8, 4) is 5.75 Å². The van der Waals surface area contributed by atoms with Crippen molar-refractivity contribution in [2.24, 2.45) is 0 Å². The molecule has 0 saturated carbocycles. The summed E-state index contributed by atoms with van der Waals surface area (Å²) in [5.74, 6) is -0.252. The number of amides is 2. The van der Waals surface area contributed by atoms with Crippen LogP contribution in [0.15, 0.2) is 77.2 Å². The molecule has 35 heavy (non-hydrogen) atoms. The van der Waals surface area contributed by atoms with Crippen LogP contribution in [0.1, 0.15) is 20.9 Å². The number of carbonyl (C=O) groups excluding carboxylic acids is 2. The van der Waals surface area contributed by atoms with Gasteiger partial charge in [0.2, 0.25) is 5.76 Å². The number of benzene rings is 3. The molecule has 1 aliphatic rings. The molecular weight excluding hydrogens is 449 g/mol. The first kappa shape index (κ1) is 22.5. The van der Waals surface area contributed by atoms with Gasteiger partial charge in [-0.25, -0.2) is 4.39 Å². The lowest BCUT2D eigenvalue weighted by Gasteiger charge is -2.35. The Hall–Kier alpha value is -4.33. The van der Waals surface area contributed by atoms with E-state index in [1.54, 1.807) is 66.6 Å². The summed E-state index contributed by atoms with van der Waals surface area (Å²) in [6.07, 6.45) is 0. The molecule has 0 bridgehead atoms. The average Bonchev–Trinajstić information content (AvgIpc) is 3.27. The van der Waals surface area contributed by atoms with Crippen molar-refractivity contribution in [3.05, 3.63) is 89.9 Å². The lowest BCUT2D eigenvalue weighted by molar-refractivity contribution is 0.0718. The first-order chi connectivity index (χ1) is 17.0. The molecule has 0 aliphatic carbocycles. The summed E-state index contributed by atoms with van der Waals surface area (Å²) in [5, 5.41) is 3.51. The fourth-order valence-electron chi connectivity index (χ4n) is 4.25. The lowest BCUT2D eigenvalue weighted by Crippen LogP contribution is -2.49. The molecule has 2 amide bonds. The molecule has 7 nitrogen and oxygen atoms in total. The van der Waals surface area contributed by atoms with Crippen LogP contribution in [0.5, 0.6) is 5.75 Å². The topological polar surface area (TPSA) is 75.0 Å². The molecule has 0 radical (unpaired) electrons. The highest BCUT2D eigenvalue weighted by atomic mass is 19.1. The number of methoxy groups -OCH3 is 1. The second-order valence-electron chi connectivity index (χ2n) is 8.22. The molecule has 0 unspecified atom stereocenters. The van der Waals surface area contributed by atoms with Crippen LogP contribution in [-0.4, -0.2) is 50.0 Å². The standard InChI is InChI=1S/C27H24FN3O4/c1-34-19-12-10-18(11-13-19)26(32)29-24-20-6-2-5-9-23(20)35-25(24)27(33)31-16-14-30(15-17-31)22-8-4-3-7-21(22)28/h2-13H,14-17H2,1H3,(H,29,32). The number of carbonyl (C=O) groups is 2. The maximum atomic E-state index is 14.2. The number of ether oxygens (including phenoxy) is 1. The van der Waals surface area contributed by atoms with Gasteiger partial charge in [-0.05, 0) is 48.5 Å². The number of fused-ring (bicyclic) bond motifs is 1. The minimum absolute atomic E-state index is 0.0763. The maximum absolute atomic E-state index is 14.2. The van der Waals surface area contributed by atoms with Crippen LogP contribution < -0.4 is 15.0 Å². The van der Waals surface area contributed by atoms with Gasteiger partial charge < -0.3 is 24.3 Å². The summed E-state index contributed by atoms with van der Waals surface area (Å²) in [6, 6.07) is 20.5. The van der Waals surface area contributed by atoms with Gasteiger partial charge in [0, 0.05) is 37.1 Å². The van der Waals surface area contributed by atoms with E-state index in [0.29, 0.717) is 59.8 Å². The summed E-state index contributed by atoms with van der Waals surface area (Å²) in [5.41, 5.74) is 1.79. The molecule has 0 spiro atoms. The molecule has 8 heteroatoms. The number of rotatable bonds is 5. The van der Waals surface area contributed by atoms with Gasteiger partial charge in [0.15, 0.2) is 0 Å². The average molecular weight is 474 g/mol. The highest BCUT2D eigenvalue weighted by Crippen LogP contribution is 2.33. The van der Waals surface area contributed by atoms with Gasteiger partial charge >= 0.3 is 0 Å². The van der Waals surface area contributed by atoms with Crippen molar-refractivity contribution >= 4 is 34.2 Å². The number of nitrogens with one attached hydrogen (secondary N) is 1. The minimum Gasteiger partial charge on any atom is -0.497 e. The van der Waals surface area contributed by atoms with Crippen molar-refractivity contribution in [1.29, 1.82) is 0 Å². The molecule has 1 aromatic heterocycles. The van der Waals surface area contributed by atoms with Crippen LogP contribution in [0.2, 0.25) is 0 Å². The second kappa shape index (κ2) is 9.50. The molecule has 178 valence electrons. The zero-order chi connectivity index (χ0) is 24.4. The highest BCUT2D eigenvalue weighted by molar-refractivity contribution is 6.14. The quantitative estimate of drug-likeness (QED) is 0.451. The van der Waals surface area contributed by atoms with Crippen molar-refractivity contribution in [2.45, 2.75) is 0 Å². The molecule has 0 atom stereocenters. The number of nitrogens with zero attached hydrogens (tertiary/aromatic N) is 2. The van der Waals surface area contributed by atoms with Gasteiger partial charge in [0.25, 0.3) is 11.8 Å². The third-order valence-electron chi connectivity index (χ3n) is 6.14. The van der Waals surface area contributed by atoms with Crippen LogP contribution in [-0.2, 0) is 0 Å². The number of halogens is 1. The number of hydrogen-bond acceptors (Lipinski definition) is 5. The predicted octanol–water partition coefficient (Wildman–Crippen LogP) is 4.80. The van der Waals surface area contributed by atoms with Crippen LogP contribution >= 0.6 is 0 Å². The van der Waals surface area contributed by atoms with Crippen LogP contribution in [0.3, 0.4) is 0 Å². The number of piperazine rings is 1. The van der Waals surface area contributed by atoms with Crippen molar-refractivity contribution in [2.75, 3.05) is 43.5 Å². The van der Waals surface area contributed by atoms with Gasteiger partial charge in [-0.1, -0.05) is 24.3 Å². The number of furan rings is 1. The largest absolute Gasteiger partial charge is 0.497 e. The van der Waals surface area contributed by atoms with E-state index in [1.807, 2.05) is 17.0 Å². The van der Waals surface area contributed by atoms with Crippen LogP contribution in [0.25, 0.3) is 11.0 Å². The van der Waals surface area contributed by atoms with Gasteiger partial charge in [-0.3, -0.25) is 9.59 Å². The summed E-state index contributed by atoms with van der Waals surface area (Å²) in [4.78, 5) is 30.0. The Labute approximate surface area is 201 Å².